The number of aryl methyl sites for hydroxylation is 1. The topological polar surface area (TPSA) is 60.6 Å². The van der Waals surface area contributed by atoms with Crippen LogP contribution in [-0.2, 0) is 13.0 Å². The molecule has 152 valence electrons. The molecule has 0 aliphatic carbocycles. The van der Waals surface area contributed by atoms with Crippen LogP contribution in [0.3, 0.4) is 0 Å². The molecule has 3 aromatic rings. The lowest BCUT2D eigenvalue weighted by atomic mass is 9.97. The molecule has 8 heteroatoms. The molecule has 6 nitrogen and oxygen atoms in total. The van der Waals surface area contributed by atoms with Crippen LogP contribution < -0.4 is 14.4 Å². The van der Waals surface area contributed by atoms with Crippen LogP contribution in [0.5, 0.6) is 11.5 Å². The van der Waals surface area contributed by atoms with Gasteiger partial charge in [0.15, 0.2) is 11.5 Å². The van der Waals surface area contributed by atoms with Crippen molar-refractivity contribution in [1.29, 1.82) is 0 Å². The molecule has 0 N–H and O–H groups in total. The summed E-state index contributed by atoms with van der Waals surface area (Å²) in [6.45, 7) is -0.254. The highest BCUT2D eigenvalue weighted by Crippen LogP contribution is 2.34. The van der Waals surface area contributed by atoms with Gasteiger partial charge in [0.25, 0.3) is 0 Å². The lowest BCUT2D eigenvalue weighted by molar-refractivity contribution is -0.0512. The molecule has 0 amide bonds. The number of halogens is 2. The highest BCUT2D eigenvalue weighted by Gasteiger charge is 2.25. The normalized spacial score (nSPS) is 16.0. The van der Waals surface area contributed by atoms with Crippen molar-refractivity contribution < 1.29 is 22.8 Å². The first-order valence-electron chi connectivity index (χ1n) is 9.35. The third kappa shape index (κ3) is 4.01. The Balaban J connectivity index is 1.56. The Morgan fingerprint density at radius 2 is 2.03 bits per heavy atom. The standard InChI is InChI=1S/C21H21F2N3O3/c1-13-7-8-14-5-3-4-6-16(14)26(13)12-19-24-20(25-29-19)15-9-10-17(28-21(22)23)18(11-15)27-2/h3-6,9-11,13,21H,7-8,12H2,1-2H3. The van der Waals surface area contributed by atoms with E-state index in [9.17, 15) is 8.78 Å². The van der Waals surface area contributed by atoms with E-state index in [-0.39, 0.29) is 11.5 Å². The molecule has 1 unspecified atom stereocenters. The van der Waals surface area contributed by atoms with Crippen LogP contribution in [0, 0.1) is 0 Å². The molecule has 29 heavy (non-hydrogen) atoms. The summed E-state index contributed by atoms with van der Waals surface area (Å²) in [6, 6.07) is 13.2. The van der Waals surface area contributed by atoms with Crippen LogP contribution in [0.1, 0.15) is 24.8 Å². The van der Waals surface area contributed by atoms with Gasteiger partial charge in [0.05, 0.1) is 13.7 Å². The largest absolute Gasteiger partial charge is 0.493 e. The Hall–Kier alpha value is -3.16. The number of hydrogen-bond donors (Lipinski definition) is 0. The maximum Gasteiger partial charge on any atom is 0.387 e. The van der Waals surface area contributed by atoms with Crippen LogP contribution in [0.15, 0.2) is 47.0 Å². The third-order valence-electron chi connectivity index (χ3n) is 5.08. The molecule has 1 aromatic heterocycles. The molecule has 1 aliphatic heterocycles. The SMILES string of the molecule is COc1cc(-c2noc(CN3c4ccccc4CCC3C)n2)ccc1OC(F)F. The van der Waals surface area contributed by atoms with Gasteiger partial charge in [-0.3, -0.25) is 0 Å². The Bertz CT molecular complexity index is 993. The van der Waals surface area contributed by atoms with Gasteiger partial charge in [0, 0.05) is 17.3 Å². The average Bonchev–Trinajstić information content (AvgIpc) is 3.19. The summed E-state index contributed by atoms with van der Waals surface area (Å²) in [6.07, 6.45) is 2.11. The number of hydrogen-bond acceptors (Lipinski definition) is 6. The van der Waals surface area contributed by atoms with Crippen LogP contribution in [-0.4, -0.2) is 29.9 Å². The van der Waals surface area contributed by atoms with Crippen molar-refractivity contribution in [3.8, 4) is 22.9 Å². The minimum Gasteiger partial charge on any atom is -0.493 e. The molecule has 4 rings (SSSR count). The summed E-state index contributed by atoms with van der Waals surface area (Å²) in [5, 5.41) is 4.04. The van der Waals surface area contributed by atoms with Gasteiger partial charge in [-0.1, -0.05) is 23.4 Å². The second-order valence-electron chi connectivity index (χ2n) is 6.90. The van der Waals surface area contributed by atoms with Crippen LogP contribution >= 0.6 is 0 Å². The lowest BCUT2D eigenvalue weighted by Gasteiger charge is -2.36. The van der Waals surface area contributed by atoms with Gasteiger partial charge in [-0.2, -0.15) is 13.8 Å². The average molecular weight is 401 g/mol. The van der Waals surface area contributed by atoms with Gasteiger partial charge in [-0.15, -0.1) is 0 Å². The van der Waals surface area contributed by atoms with E-state index in [1.165, 1.54) is 24.4 Å². The van der Waals surface area contributed by atoms with E-state index in [4.69, 9.17) is 9.26 Å². The maximum absolute atomic E-state index is 12.5. The van der Waals surface area contributed by atoms with Crippen LogP contribution in [0.4, 0.5) is 14.5 Å². The van der Waals surface area contributed by atoms with Crippen molar-refractivity contribution >= 4 is 5.69 Å². The van der Waals surface area contributed by atoms with Gasteiger partial charge in [0.1, 0.15) is 0 Å². The van der Waals surface area contributed by atoms with Crippen molar-refractivity contribution in [1.82, 2.24) is 10.1 Å². The summed E-state index contributed by atoms with van der Waals surface area (Å²) in [7, 11) is 1.38. The molecule has 0 saturated heterocycles. The van der Waals surface area contributed by atoms with E-state index in [0.717, 1.165) is 12.8 Å². The predicted octanol–water partition coefficient (Wildman–Crippen LogP) is 4.69. The predicted molar refractivity (Wildman–Crippen MR) is 103 cm³/mol. The lowest BCUT2D eigenvalue weighted by Crippen LogP contribution is -2.36. The molecular weight excluding hydrogens is 380 g/mol. The van der Waals surface area contributed by atoms with Crippen molar-refractivity contribution in [3.63, 3.8) is 0 Å². The molecule has 0 fully saturated rings. The molecule has 0 spiro atoms. The number of ether oxygens (including phenoxy) is 2. The summed E-state index contributed by atoms with van der Waals surface area (Å²) in [4.78, 5) is 6.74. The van der Waals surface area contributed by atoms with Crippen molar-refractivity contribution in [2.24, 2.45) is 0 Å². The molecule has 2 aromatic carbocycles. The third-order valence-corrected chi connectivity index (χ3v) is 5.08. The van der Waals surface area contributed by atoms with E-state index >= 15 is 0 Å². The molecular formula is C21H21F2N3O3. The Kier molecular flexibility index (Phi) is 5.33. The second-order valence-corrected chi connectivity index (χ2v) is 6.90. The minimum atomic E-state index is -2.93. The van der Waals surface area contributed by atoms with Gasteiger partial charge in [-0.05, 0) is 49.6 Å². The van der Waals surface area contributed by atoms with Gasteiger partial charge < -0.3 is 18.9 Å². The second kappa shape index (κ2) is 8.06. The fourth-order valence-electron chi connectivity index (χ4n) is 3.58. The monoisotopic (exact) mass is 401 g/mol. The Morgan fingerprint density at radius 1 is 1.21 bits per heavy atom. The fraction of sp³-hybridized carbons (Fsp3) is 0.333. The highest BCUT2D eigenvalue weighted by molar-refractivity contribution is 5.61. The van der Waals surface area contributed by atoms with Crippen molar-refractivity contribution in [2.45, 2.75) is 39.0 Å². The zero-order valence-electron chi connectivity index (χ0n) is 16.1. The Morgan fingerprint density at radius 3 is 2.83 bits per heavy atom. The number of alkyl halides is 2. The van der Waals surface area contributed by atoms with E-state index in [1.54, 1.807) is 12.1 Å². The summed E-state index contributed by atoms with van der Waals surface area (Å²) < 4.78 is 40.0. The summed E-state index contributed by atoms with van der Waals surface area (Å²) in [5.41, 5.74) is 3.08. The molecule has 2 heterocycles. The molecule has 1 aliphatic rings. The zero-order chi connectivity index (χ0) is 20.4. The van der Waals surface area contributed by atoms with E-state index in [0.29, 0.717) is 29.9 Å². The summed E-state index contributed by atoms with van der Waals surface area (Å²) in [5.74, 6) is 0.969. The zero-order valence-corrected chi connectivity index (χ0v) is 16.1. The number of anilines is 1. The number of methoxy groups -OCH3 is 1. The summed E-state index contributed by atoms with van der Waals surface area (Å²) >= 11 is 0. The van der Waals surface area contributed by atoms with Gasteiger partial charge in [-0.25, -0.2) is 0 Å². The number of nitrogens with zero attached hydrogens (tertiary/aromatic N) is 3. The van der Waals surface area contributed by atoms with Crippen molar-refractivity contribution in [2.75, 3.05) is 12.0 Å². The Labute approximate surface area is 167 Å². The quantitative estimate of drug-likeness (QED) is 0.597. The van der Waals surface area contributed by atoms with Crippen molar-refractivity contribution in [3.05, 3.63) is 53.9 Å². The first kappa shape index (κ1) is 19.2. The molecule has 1 atom stereocenters. The number of aromatic nitrogens is 2. The van der Waals surface area contributed by atoms with E-state index in [1.807, 2.05) is 12.1 Å². The highest BCUT2D eigenvalue weighted by atomic mass is 19.3. The number of rotatable bonds is 6. The minimum absolute atomic E-state index is 0.0475. The van der Waals surface area contributed by atoms with Crippen LogP contribution in [0.2, 0.25) is 0 Å². The number of para-hydroxylation sites is 1. The first-order valence-corrected chi connectivity index (χ1v) is 9.35. The number of benzene rings is 2. The number of fused-ring (bicyclic) bond motifs is 1. The smallest absolute Gasteiger partial charge is 0.387 e. The van der Waals surface area contributed by atoms with Crippen LogP contribution in [0.25, 0.3) is 11.4 Å². The molecule has 0 bridgehead atoms. The fourth-order valence-corrected chi connectivity index (χ4v) is 3.58. The van der Waals surface area contributed by atoms with Gasteiger partial charge in [0.2, 0.25) is 11.7 Å². The maximum atomic E-state index is 12.5. The van der Waals surface area contributed by atoms with Gasteiger partial charge >= 0.3 is 6.61 Å². The van der Waals surface area contributed by atoms with E-state index in [2.05, 4.69) is 38.8 Å². The first-order chi connectivity index (χ1) is 14.0. The van der Waals surface area contributed by atoms with E-state index < -0.39 is 6.61 Å². The molecule has 0 saturated carbocycles. The molecule has 0 radical (unpaired) electrons.